The maximum absolute atomic E-state index is 12.2. The van der Waals surface area contributed by atoms with Crippen LogP contribution >= 0.6 is 0 Å². The van der Waals surface area contributed by atoms with Crippen molar-refractivity contribution in [2.24, 2.45) is 5.73 Å². The van der Waals surface area contributed by atoms with Gasteiger partial charge in [0.1, 0.15) is 6.61 Å². The molecule has 0 saturated heterocycles. The molecule has 2 aromatic carbocycles. The smallest absolute Gasteiger partial charge is 0.407 e. The fourth-order valence-corrected chi connectivity index (χ4v) is 3.55. The molecule has 138 valence electrons. The van der Waals surface area contributed by atoms with E-state index in [2.05, 4.69) is 29.6 Å². The number of nitrogens with one attached hydrogen (secondary N) is 1. The molecule has 0 heterocycles. The zero-order valence-electron chi connectivity index (χ0n) is 14.9. The van der Waals surface area contributed by atoms with Gasteiger partial charge in [-0.1, -0.05) is 55.0 Å². The van der Waals surface area contributed by atoms with Crippen LogP contribution in [0.1, 0.15) is 36.3 Å². The minimum absolute atomic E-state index is 0.0398. The van der Waals surface area contributed by atoms with E-state index in [-0.39, 0.29) is 25.2 Å². The number of alkyl carbamates (subject to hydrolysis) is 1. The lowest BCUT2D eigenvalue weighted by atomic mass is 9.98. The van der Waals surface area contributed by atoms with Crippen LogP contribution in [0.4, 0.5) is 4.79 Å². The summed E-state index contributed by atoms with van der Waals surface area (Å²) in [7, 11) is 0. The van der Waals surface area contributed by atoms with Crippen LogP contribution < -0.4 is 11.1 Å². The van der Waals surface area contributed by atoms with Crippen LogP contribution in [-0.4, -0.2) is 37.0 Å². The van der Waals surface area contributed by atoms with Crippen LogP contribution in [0.3, 0.4) is 0 Å². The van der Waals surface area contributed by atoms with E-state index >= 15 is 0 Å². The van der Waals surface area contributed by atoms with E-state index < -0.39 is 6.09 Å². The summed E-state index contributed by atoms with van der Waals surface area (Å²) < 4.78 is 5.49. The van der Waals surface area contributed by atoms with Crippen LogP contribution in [0, 0.1) is 0 Å². The summed E-state index contributed by atoms with van der Waals surface area (Å²) in [6, 6.07) is 16.2. The predicted octanol–water partition coefficient (Wildman–Crippen LogP) is 3.02. The summed E-state index contributed by atoms with van der Waals surface area (Å²) in [6.45, 7) is 0.790. The van der Waals surface area contributed by atoms with Gasteiger partial charge >= 0.3 is 6.09 Å². The molecule has 0 fully saturated rings. The van der Waals surface area contributed by atoms with Crippen LogP contribution in [0.2, 0.25) is 0 Å². The first-order chi connectivity index (χ1) is 12.7. The number of nitrogens with two attached hydrogens (primary N) is 1. The Morgan fingerprint density at radius 3 is 2.27 bits per heavy atom. The number of aliphatic hydroxyl groups excluding tert-OH is 1. The largest absolute Gasteiger partial charge is 0.449 e. The lowest BCUT2D eigenvalue weighted by molar-refractivity contribution is 0.131. The molecule has 3 rings (SSSR count). The second-order valence-corrected chi connectivity index (χ2v) is 6.63. The number of carbonyl (C=O) groups is 1. The molecule has 0 saturated carbocycles. The number of ether oxygens (including phenoxy) is 1. The monoisotopic (exact) mass is 354 g/mol. The van der Waals surface area contributed by atoms with Gasteiger partial charge in [0.15, 0.2) is 0 Å². The van der Waals surface area contributed by atoms with E-state index in [0.717, 1.165) is 12.8 Å². The molecule has 1 aliphatic carbocycles. The third kappa shape index (κ3) is 4.06. The van der Waals surface area contributed by atoms with E-state index in [1.165, 1.54) is 22.3 Å². The molecule has 0 spiro atoms. The first-order valence-electron chi connectivity index (χ1n) is 9.17. The summed E-state index contributed by atoms with van der Waals surface area (Å²) in [5, 5.41) is 12.2. The second-order valence-electron chi connectivity index (χ2n) is 6.63. The summed E-state index contributed by atoms with van der Waals surface area (Å²) in [6.07, 6.45) is 1.95. The average Bonchev–Trinajstić information content (AvgIpc) is 2.99. The first-order valence-corrected chi connectivity index (χ1v) is 9.17. The van der Waals surface area contributed by atoms with Gasteiger partial charge in [0.2, 0.25) is 0 Å². The van der Waals surface area contributed by atoms with Crippen LogP contribution in [0.15, 0.2) is 48.5 Å². The van der Waals surface area contributed by atoms with Crippen LogP contribution in [0.5, 0.6) is 0 Å². The van der Waals surface area contributed by atoms with Crippen LogP contribution in [0.25, 0.3) is 11.1 Å². The van der Waals surface area contributed by atoms with Gasteiger partial charge in [0, 0.05) is 5.92 Å². The maximum atomic E-state index is 12.2. The van der Waals surface area contributed by atoms with Crippen molar-refractivity contribution in [3.8, 4) is 11.1 Å². The SMILES string of the molecule is NCCCC[C@@H](CO)NC(=O)OCC1c2ccccc2-c2ccccc21. The molecule has 5 nitrogen and oxygen atoms in total. The maximum Gasteiger partial charge on any atom is 0.407 e. The molecular weight excluding hydrogens is 328 g/mol. The van der Waals surface area contributed by atoms with Gasteiger partial charge in [-0.2, -0.15) is 0 Å². The van der Waals surface area contributed by atoms with E-state index in [9.17, 15) is 9.90 Å². The molecule has 26 heavy (non-hydrogen) atoms. The number of rotatable bonds is 8. The first kappa shape index (κ1) is 18.4. The Morgan fingerprint density at radius 2 is 1.69 bits per heavy atom. The normalized spacial score (nSPS) is 13.8. The molecule has 0 aromatic heterocycles. The molecule has 2 aromatic rings. The summed E-state index contributed by atoms with van der Waals surface area (Å²) in [5.41, 5.74) is 10.2. The van der Waals surface area contributed by atoms with Gasteiger partial charge in [0.25, 0.3) is 0 Å². The molecule has 5 heteroatoms. The number of carbonyl (C=O) groups excluding carboxylic acids is 1. The topological polar surface area (TPSA) is 84.6 Å². The zero-order chi connectivity index (χ0) is 18.4. The number of hydrogen-bond donors (Lipinski definition) is 3. The van der Waals surface area contributed by atoms with Gasteiger partial charge < -0.3 is 20.9 Å². The Morgan fingerprint density at radius 1 is 1.08 bits per heavy atom. The zero-order valence-corrected chi connectivity index (χ0v) is 14.9. The molecule has 1 amide bonds. The van der Waals surface area contributed by atoms with Crippen molar-refractivity contribution in [3.63, 3.8) is 0 Å². The molecule has 0 radical (unpaired) electrons. The van der Waals surface area contributed by atoms with E-state index in [1.54, 1.807) is 0 Å². The van der Waals surface area contributed by atoms with Crippen molar-refractivity contribution in [2.45, 2.75) is 31.2 Å². The van der Waals surface area contributed by atoms with Crippen molar-refractivity contribution in [2.75, 3.05) is 19.8 Å². The van der Waals surface area contributed by atoms with E-state index in [4.69, 9.17) is 10.5 Å². The summed E-state index contributed by atoms with van der Waals surface area (Å²) in [4.78, 5) is 12.2. The van der Waals surface area contributed by atoms with Crippen molar-refractivity contribution in [1.29, 1.82) is 0 Å². The van der Waals surface area contributed by atoms with Crippen molar-refractivity contribution >= 4 is 6.09 Å². The van der Waals surface area contributed by atoms with E-state index in [1.807, 2.05) is 24.3 Å². The Labute approximate surface area is 154 Å². The Hall–Kier alpha value is -2.37. The molecule has 0 unspecified atom stereocenters. The van der Waals surface area contributed by atoms with Gasteiger partial charge in [-0.3, -0.25) is 0 Å². The van der Waals surface area contributed by atoms with Crippen molar-refractivity contribution < 1.29 is 14.6 Å². The van der Waals surface area contributed by atoms with E-state index in [0.29, 0.717) is 13.0 Å². The highest BCUT2D eigenvalue weighted by atomic mass is 16.5. The number of fused-ring (bicyclic) bond motifs is 3. The fraction of sp³-hybridized carbons (Fsp3) is 0.381. The second kappa shape index (κ2) is 8.83. The summed E-state index contributed by atoms with van der Waals surface area (Å²) >= 11 is 0. The average molecular weight is 354 g/mol. The van der Waals surface area contributed by atoms with Gasteiger partial charge in [0.05, 0.1) is 12.6 Å². The fourth-order valence-electron chi connectivity index (χ4n) is 3.55. The number of aliphatic hydroxyl groups is 1. The van der Waals surface area contributed by atoms with Gasteiger partial charge in [-0.05, 0) is 41.6 Å². The predicted molar refractivity (Wildman–Crippen MR) is 102 cm³/mol. The third-order valence-electron chi connectivity index (χ3n) is 4.89. The highest BCUT2D eigenvalue weighted by Crippen LogP contribution is 2.44. The Balaban J connectivity index is 1.62. The lowest BCUT2D eigenvalue weighted by Crippen LogP contribution is -2.38. The molecule has 0 aliphatic heterocycles. The molecule has 1 atom stereocenters. The van der Waals surface area contributed by atoms with Crippen LogP contribution in [-0.2, 0) is 4.74 Å². The number of unbranched alkanes of at least 4 members (excludes halogenated alkanes) is 1. The quantitative estimate of drug-likeness (QED) is 0.636. The summed E-state index contributed by atoms with van der Waals surface area (Å²) in [5.74, 6) is 0.0398. The standard InChI is InChI=1S/C21H26N2O3/c22-12-6-5-7-15(13-24)23-21(25)26-14-20-18-10-3-1-8-16(18)17-9-2-4-11-19(17)20/h1-4,8-11,15,20,24H,5-7,12-14,22H2,(H,23,25)/t15-/m0/s1. The minimum atomic E-state index is -0.487. The number of amides is 1. The molecular formula is C21H26N2O3. The number of hydrogen-bond acceptors (Lipinski definition) is 4. The third-order valence-corrected chi connectivity index (χ3v) is 4.89. The van der Waals surface area contributed by atoms with Gasteiger partial charge in [-0.15, -0.1) is 0 Å². The highest BCUT2D eigenvalue weighted by molar-refractivity contribution is 5.79. The highest BCUT2D eigenvalue weighted by Gasteiger charge is 2.29. The lowest BCUT2D eigenvalue weighted by Gasteiger charge is -2.18. The number of benzene rings is 2. The van der Waals surface area contributed by atoms with Gasteiger partial charge in [-0.25, -0.2) is 4.79 Å². The molecule has 4 N–H and O–H groups in total. The Bertz CT molecular complexity index is 702. The van der Waals surface area contributed by atoms with Crippen molar-refractivity contribution in [1.82, 2.24) is 5.32 Å². The molecule has 0 bridgehead atoms. The Kier molecular flexibility index (Phi) is 6.26. The minimum Gasteiger partial charge on any atom is -0.449 e. The molecule has 1 aliphatic rings. The van der Waals surface area contributed by atoms with Crippen molar-refractivity contribution in [3.05, 3.63) is 59.7 Å².